The van der Waals surface area contributed by atoms with Crippen molar-refractivity contribution >= 4 is 11.6 Å². The number of hydrogen-bond acceptors (Lipinski definition) is 5. The van der Waals surface area contributed by atoms with Gasteiger partial charge in [-0.1, -0.05) is 6.07 Å². The zero-order valence-electron chi connectivity index (χ0n) is 15.4. The maximum absolute atomic E-state index is 13.0. The van der Waals surface area contributed by atoms with Gasteiger partial charge >= 0.3 is 0 Å². The van der Waals surface area contributed by atoms with Crippen LogP contribution in [0.25, 0.3) is 0 Å². The quantitative estimate of drug-likeness (QED) is 0.844. The van der Waals surface area contributed by atoms with Crippen LogP contribution < -0.4 is 4.90 Å². The van der Waals surface area contributed by atoms with E-state index in [0.29, 0.717) is 26.3 Å². The Hall–Kier alpha value is -2.47. The third kappa shape index (κ3) is 3.17. The first-order valence-corrected chi connectivity index (χ1v) is 9.15. The minimum atomic E-state index is 0.0827. The van der Waals surface area contributed by atoms with Crippen molar-refractivity contribution in [3.8, 4) is 0 Å². The van der Waals surface area contributed by atoms with E-state index < -0.39 is 0 Å². The summed E-state index contributed by atoms with van der Waals surface area (Å²) in [6, 6.07) is 4.10. The van der Waals surface area contributed by atoms with Gasteiger partial charge in [0.1, 0.15) is 0 Å². The average molecular weight is 352 g/mol. The monoisotopic (exact) mass is 352 g/mol. The summed E-state index contributed by atoms with van der Waals surface area (Å²) in [4.78, 5) is 26.1. The minimum absolute atomic E-state index is 0.0827. The second kappa shape index (κ2) is 7.03. The van der Waals surface area contributed by atoms with E-state index >= 15 is 0 Å². The molecule has 0 aliphatic carbocycles. The molecule has 6 nitrogen and oxygen atoms in total. The molecule has 6 heteroatoms. The Kier molecular flexibility index (Phi) is 4.59. The molecule has 0 N–H and O–H groups in total. The third-order valence-corrected chi connectivity index (χ3v) is 5.14. The fraction of sp³-hybridized carbons (Fsp3) is 0.450. The zero-order valence-corrected chi connectivity index (χ0v) is 15.4. The molecule has 0 radical (unpaired) electrons. The zero-order chi connectivity index (χ0) is 18.1. The topological polar surface area (TPSA) is 58.6 Å². The second-order valence-electron chi connectivity index (χ2n) is 7.00. The number of rotatable bonds is 4. The summed E-state index contributed by atoms with van der Waals surface area (Å²) in [5.41, 5.74) is 6.04. The summed E-state index contributed by atoms with van der Waals surface area (Å²) in [6.45, 7) is 8.40. The third-order valence-electron chi connectivity index (χ3n) is 5.14. The number of carbonyl (C=O) groups excluding carboxylic acids is 1. The highest BCUT2D eigenvalue weighted by molar-refractivity contribution is 6.03. The molecule has 0 atom stereocenters. The van der Waals surface area contributed by atoms with E-state index in [9.17, 15) is 4.79 Å². The molecule has 2 aliphatic rings. The molecule has 2 aromatic rings. The van der Waals surface area contributed by atoms with Gasteiger partial charge in [-0.05, 0) is 31.0 Å². The van der Waals surface area contributed by atoms with Gasteiger partial charge in [0.2, 0.25) is 0 Å². The van der Waals surface area contributed by atoms with E-state index in [2.05, 4.69) is 27.9 Å². The van der Waals surface area contributed by atoms with Crippen LogP contribution in [0.15, 0.2) is 24.5 Å². The van der Waals surface area contributed by atoms with E-state index in [1.807, 2.05) is 30.3 Å². The van der Waals surface area contributed by atoms with Crippen molar-refractivity contribution in [2.45, 2.75) is 26.8 Å². The molecular formula is C20H24N4O2. The van der Waals surface area contributed by atoms with E-state index in [0.717, 1.165) is 47.7 Å². The largest absolute Gasteiger partial charge is 0.378 e. The van der Waals surface area contributed by atoms with Crippen LogP contribution in [0.5, 0.6) is 0 Å². The number of amides is 1. The summed E-state index contributed by atoms with van der Waals surface area (Å²) in [5, 5.41) is 0. The fourth-order valence-electron chi connectivity index (χ4n) is 3.75. The van der Waals surface area contributed by atoms with Crippen LogP contribution in [0.2, 0.25) is 0 Å². The SMILES string of the molecule is Cc1cnc(CCN2Cc3nccc(N4CCOCC4)c3C2=O)c(C)c1. The molecule has 1 saturated heterocycles. The maximum Gasteiger partial charge on any atom is 0.258 e. The van der Waals surface area contributed by atoms with Crippen LogP contribution in [0.1, 0.15) is 32.9 Å². The smallest absolute Gasteiger partial charge is 0.258 e. The molecule has 0 aromatic carbocycles. The predicted octanol–water partition coefficient (Wildman–Crippen LogP) is 2.13. The number of nitrogens with zero attached hydrogens (tertiary/aromatic N) is 4. The number of aromatic nitrogens is 2. The van der Waals surface area contributed by atoms with Crippen molar-refractivity contribution in [3.05, 3.63) is 52.6 Å². The lowest BCUT2D eigenvalue weighted by atomic mass is 10.1. The number of carbonyl (C=O) groups is 1. The highest BCUT2D eigenvalue weighted by atomic mass is 16.5. The van der Waals surface area contributed by atoms with Gasteiger partial charge in [-0.25, -0.2) is 0 Å². The van der Waals surface area contributed by atoms with Crippen LogP contribution in [-0.2, 0) is 17.7 Å². The van der Waals surface area contributed by atoms with Crippen molar-refractivity contribution in [3.63, 3.8) is 0 Å². The van der Waals surface area contributed by atoms with Crippen LogP contribution in [0.4, 0.5) is 5.69 Å². The molecule has 26 heavy (non-hydrogen) atoms. The highest BCUT2D eigenvalue weighted by Gasteiger charge is 2.32. The second-order valence-corrected chi connectivity index (χ2v) is 7.00. The predicted molar refractivity (Wildman–Crippen MR) is 99.4 cm³/mol. The van der Waals surface area contributed by atoms with Gasteiger partial charge in [-0.15, -0.1) is 0 Å². The number of ether oxygens (including phenoxy) is 1. The van der Waals surface area contributed by atoms with Gasteiger partial charge in [-0.2, -0.15) is 0 Å². The van der Waals surface area contributed by atoms with Crippen molar-refractivity contribution in [1.82, 2.24) is 14.9 Å². The summed E-state index contributed by atoms with van der Waals surface area (Å²) in [5.74, 6) is 0.0827. The number of fused-ring (bicyclic) bond motifs is 1. The average Bonchev–Trinajstić information content (AvgIpc) is 2.98. The standard InChI is InChI=1S/C20H24N4O2/c1-14-11-15(2)16(22-12-14)4-6-24-13-17-19(20(24)25)18(3-5-21-17)23-7-9-26-10-8-23/h3,5,11-12H,4,6-10,13H2,1-2H3. The van der Waals surface area contributed by atoms with Gasteiger partial charge in [-0.3, -0.25) is 14.8 Å². The molecule has 2 aromatic heterocycles. The Balaban J connectivity index is 1.51. The molecule has 1 fully saturated rings. The summed E-state index contributed by atoms with van der Waals surface area (Å²) in [6.07, 6.45) is 4.46. The number of morpholine rings is 1. The molecule has 0 bridgehead atoms. The molecule has 136 valence electrons. The molecule has 1 amide bonds. The van der Waals surface area contributed by atoms with Crippen LogP contribution in [0, 0.1) is 13.8 Å². The molecular weight excluding hydrogens is 328 g/mol. The van der Waals surface area contributed by atoms with Crippen molar-refractivity contribution in [1.29, 1.82) is 0 Å². The lowest BCUT2D eigenvalue weighted by molar-refractivity contribution is 0.0779. The lowest BCUT2D eigenvalue weighted by Crippen LogP contribution is -2.37. The Morgan fingerprint density at radius 2 is 2.00 bits per heavy atom. The fourth-order valence-corrected chi connectivity index (χ4v) is 3.75. The van der Waals surface area contributed by atoms with Gasteiger partial charge in [0, 0.05) is 44.1 Å². The number of pyridine rings is 2. The summed E-state index contributed by atoms with van der Waals surface area (Å²) < 4.78 is 5.44. The van der Waals surface area contributed by atoms with Gasteiger partial charge in [0.25, 0.3) is 5.91 Å². The number of aryl methyl sites for hydroxylation is 2. The van der Waals surface area contributed by atoms with E-state index in [-0.39, 0.29) is 5.91 Å². The molecule has 0 unspecified atom stereocenters. The first kappa shape index (κ1) is 17.0. The highest BCUT2D eigenvalue weighted by Crippen LogP contribution is 2.30. The van der Waals surface area contributed by atoms with Gasteiger partial charge in [0.15, 0.2) is 0 Å². The van der Waals surface area contributed by atoms with Crippen LogP contribution in [-0.4, -0.2) is 53.6 Å². The number of anilines is 1. The summed E-state index contributed by atoms with van der Waals surface area (Å²) >= 11 is 0. The minimum Gasteiger partial charge on any atom is -0.378 e. The van der Waals surface area contributed by atoms with Crippen LogP contribution >= 0.6 is 0 Å². The first-order valence-electron chi connectivity index (χ1n) is 9.15. The first-order chi connectivity index (χ1) is 12.6. The van der Waals surface area contributed by atoms with E-state index in [1.165, 1.54) is 5.56 Å². The maximum atomic E-state index is 13.0. The van der Waals surface area contributed by atoms with Crippen molar-refractivity contribution < 1.29 is 9.53 Å². The van der Waals surface area contributed by atoms with Crippen molar-refractivity contribution in [2.24, 2.45) is 0 Å². The normalized spacial score (nSPS) is 16.9. The van der Waals surface area contributed by atoms with Crippen LogP contribution in [0.3, 0.4) is 0 Å². The summed E-state index contributed by atoms with van der Waals surface area (Å²) in [7, 11) is 0. The van der Waals surface area contributed by atoms with E-state index in [1.54, 1.807) is 0 Å². The van der Waals surface area contributed by atoms with Gasteiger partial charge < -0.3 is 14.5 Å². The Morgan fingerprint density at radius 1 is 1.19 bits per heavy atom. The molecule has 4 heterocycles. The van der Waals surface area contributed by atoms with E-state index in [4.69, 9.17) is 4.74 Å². The molecule has 0 saturated carbocycles. The van der Waals surface area contributed by atoms with Crippen molar-refractivity contribution in [2.75, 3.05) is 37.7 Å². The van der Waals surface area contributed by atoms with Gasteiger partial charge in [0.05, 0.1) is 36.7 Å². The Morgan fingerprint density at radius 3 is 2.77 bits per heavy atom. The Bertz CT molecular complexity index is 831. The molecule has 0 spiro atoms. The molecule has 2 aliphatic heterocycles. The molecule has 4 rings (SSSR count). The lowest BCUT2D eigenvalue weighted by Gasteiger charge is -2.30. The Labute approximate surface area is 153 Å². The number of hydrogen-bond donors (Lipinski definition) is 0.